The van der Waals surface area contributed by atoms with Crippen molar-refractivity contribution in [3.63, 3.8) is 0 Å². The van der Waals surface area contributed by atoms with E-state index in [4.69, 9.17) is 21.4 Å². The average Bonchev–Trinajstić information content (AvgIpc) is 3.22. The SMILES string of the molecule is Cc1cc(OCn2nc(C)c(NC(=O)c3ccn(CC(=O)O)n3)c2C)ccc1Cl. The van der Waals surface area contributed by atoms with Crippen LogP contribution < -0.4 is 10.1 Å². The minimum absolute atomic E-state index is 0.116. The Balaban J connectivity index is 1.70. The van der Waals surface area contributed by atoms with Crippen LogP contribution >= 0.6 is 11.6 Å². The van der Waals surface area contributed by atoms with Gasteiger partial charge in [0.15, 0.2) is 12.4 Å². The van der Waals surface area contributed by atoms with E-state index in [0.29, 0.717) is 27.8 Å². The van der Waals surface area contributed by atoms with E-state index in [2.05, 4.69) is 15.5 Å². The highest BCUT2D eigenvalue weighted by Crippen LogP contribution is 2.23. The lowest BCUT2D eigenvalue weighted by molar-refractivity contribution is -0.137. The lowest BCUT2D eigenvalue weighted by atomic mass is 10.2. The Hall–Kier alpha value is -3.33. The molecule has 1 aromatic carbocycles. The number of carboxylic acid groups (broad SMARTS) is 1. The van der Waals surface area contributed by atoms with E-state index in [1.165, 1.54) is 16.9 Å². The monoisotopic (exact) mass is 417 g/mol. The number of hydrogen-bond donors (Lipinski definition) is 2. The van der Waals surface area contributed by atoms with Crippen molar-refractivity contribution in [2.45, 2.75) is 34.0 Å². The maximum Gasteiger partial charge on any atom is 0.325 e. The van der Waals surface area contributed by atoms with Crippen LogP contribution in [0.15, 0.2) is 30.5 Å². The number of nitrogens with zero attached hydrogens (tertiary/aromatic N) is 4. The van der Waals surface area contributed by atoms with Crippen LogP contribution in [0.3, 0.4) is 0 Å². The van der Waals surface area contributed by atoms with E-state index < -0.39 is 11.9 Å². The minimum Gasteiger partial charge on any atom is -0.480 e. The van der Waals surface area contributed by atoms with Gasteiger partial charge in [0.2, 0.25) is 0 Å². The zero-order valence-corrected chi connectivity index (χ0v) is 16.9. The molecule has 0 bridgehead atoms. The number of amides is 1. The number of carbonyl (C=O) groups excluding carboxylic acids is 1. The molecule has 3 rings (SSSR count). The summed E-state index contributed by atoms with van der Waals surface area (Å²) in [5.41, 5.74) is 2.92. The fourth-order valence-electron chi connectivity index (χ4n) is 2.73. The molecule has 1 amide bonds. The van der Waals surface area contributed by atoms with Gasteiger partial charge < -0.3 is 15.2 Å². The molecule has 0 unspecified atom stereocenters. The van der Waals surface area contributed by atoms with E-state index in [0.717, 1.165) is 5.56 Å². The molecule has 29 heavy (non-hydrogen) atoms. The number of carbonyl (C=O) groups is 2. The maximum absolute atomic E-state index is 12.5. The van der Waals surface area contributed by atoms with Crippen LogP contribution in [0.1, 0.15) is 27.4 Å². The normalized spacial score (nSPS) is 10.8. The summed E-state index contributed by atoms with van der Waals surface area (Å²) >= 11 is 6.02. The highest BCUT2D eigenvalue weighted by Gasteiger charge is 2.17. The lowest BCUT2D eigenvalue weighted by Crippen LogP contribution is -2.16. The molecule has 0 saturated heterocycles. The Morgan fingerprint density at radius 2 is 1.97 bits per heavy atom. The fraction of sp³-hybridized carbons (Fsp3) is 0.263. The van der Waals surface area contributed by atoms with Gasteiger partial charge in [0.05, 0.1) is 17.1 Å². The van der Waals surface area contributed by atoms with Crippen molar-refractivity contribution in [3.8, 4) is 5.75 Å². The summed E-state index contributed by atoms with van der Waals surface area (Å²) in [6.07, 6.45) is 1.44. The molecule has 0 spiro atoms. The summed E-state index contributed by atoms with van der Waals surface area (Å²) in [4.78, 5) is 23.2. The highest BCUT2D eigenvalue weighted by atomic mass is 35.5. The van der Waals surface area contributed by atoms with Gasteiger partial charge in [-0.1, -0.05) is 11.6 Å². The summed E-state index contributed by atoms with van der Waals surface area (Å²) in [6, 6.07) is 6.84. The Morgan fingerprint density at radius 3 is 2.66 bits per heavy atom. The zero-order valence-electron chi connectivity index (χ0n) is 16.1. The van der Waals surface area contributed by atoms with Crippen LogP contribution in [0.25, 0.3) is 0 Å². The van der Waals surface area contributed by atoms with Crippen LogP contribution in [0.4, 0.5) is 5.69 Å². The van der Waals surface area contributed by atoms with Gasteiger partial charge in [-0.15, -0.1) is 0 Å². The number of anilines is 1. The second-order valence-corrected chi connectivity index (χ2v) is 6.88. The molecule has 2 heterocycles. The molecule has 3 aromatic rings. The van der Waals surface area contributed by atoms with Crippen molar-refractivity contribution < 1.29 is 19.4 Å². The molecule has 0 atom stereocenters. The molecule has 0 aliphatic carbocycles. The molecule has 9 nitrogen and oxygen atoms in total. The second-order valence-electron chi connectivity index (χ2n) is 6.48. The summed E-state index contributed by atoms with van der Waals surface area (Å²) in [5.74, 6) is -0.827. The minimum atomic E-state index is -1.04. The summed E-state index contributed by atoms with van der Waals surface area (Å²) in [7, 11) is 0. The molecule has 0 saturated carbocycles. The van der Waals surface area contributed by atoms with Crippen LogP contribution in [-0.2, 0) is 18.1 Å². The van der Waals surface area contributed by atoms with Crippen molar-refractivity contribution in [3.05, 3.63) is 58.1 Å². The second kappa shape index (κ2) is 8.36. The van der Waals surface area contributed by atoms with Crippen LogP contribution in [-0.4, -0.2) is 36.5 Å². The first kappa shape index (κ1) is 20.4. The number of aliphatic carboxylic acids is 1. The zero-order chi connectivity index (χ0) is 21.1. The van der Waals surface area contributed by atoms with Gasteiger partial charge in [-0.3, -0.25) is 14.3 Å². The van der Waals surface area contributed by atoms with Crippen LogP contribution in [0.5, 0.6) is 5.75 Å². The summed E-state index contributed by atoms with van der Waals surface area (Å²) in [5, 5.41) is 20.6. The lowest BCUT2D eigenvalue weighted by Gasteiger charge is -2.09. The van der Waals surface area contributed by atoms with Gasteiger partial charge >= 0.3 is 5.97 Å². The number of aryl methyl sites for hydroxylation is 2. The van der Waals surface area contributed by atoms with Crippen LogP contribution in [0.2, 0.25) is 5.02 Å². The number of aromatic nitrogens is 4. The van der Waals surface area contributed by atoms with Gasteiger partial charge in [-0.25, -0.2) is 4.68 Å². The largest absolute Gasteiger partial charge is 0.480 e. The van der Waals surface area contributed by atoms with Gasteiger partial charge in [0.25, 0.3) is 5.91 Å². The predicted octanol–water partition coefficient (Wildman–Crippen LogP) is 3.03. The van der Waals surface area contributed by atoms with E-state index in [1.54, 1.807) is 23.7 Å². The third kappa shape index (κ3) is 4.75. The number of hydrogen-bond acceptors (Lipinski definition) is 5. The average molecular weight is 418 g/mol. The first-order valence-corrected chi connectivity index (χ1v) is 9.12. The predicted molar refractivity (Wildman–Crippen MR) is 106 cm³/mol. The number of benzene rings is 1. The third-order valence-electron chi connectivity index (χ3n) is 4.27. The number of nitrogens with one attached hydrogen (secondary N) is 1. The Morgan fingerprint density at radius 1 is 1.21 bits per heavy atom. The third-order valence-corrected chi connectivity index (χ3v) is 4.70. The van der Waals surface area contributed by atoms with E-state index in [1.807, 2.05) is 19.9 Å². The quantitative estimate of drug-likeness (QED) is 0.611. The Bertz CT molecular complexity index is 1070. The van der Waals surface area contributed by atoms with Gasteiger partial charge in [0, 0.05) is 11.2 Å². The fourth-order valence-corrected chi connectivity index (χ4v) is 2.85. The number of carboxylic acids is 1. The highest BCUT2D eigenvalue weighted by molar-refractivity contribution is 6.31. The summed E-state index contributed by atoms with van der Waals surface area (Å²) in [6.45, 7) is 5.33. The molecule has 0 aliphatic heterocycles. The molecular formula is C19H20ClN5O4. The van der Waals surface area contributed by atoms with Crippen molar-refractivity contribution >= 4 is 29.2 Å². The van der Waals surface area contributed by atoms with Gasteiger partial charge in [-0.05, 0) is 50.6 Å². The van der Waals surface area contributed by atoms with E-state index in [9.17, 15) is 9.59 Å². The molecule has 152 valence electrons. The first-order valence-electron chi connectivity index (χ1n) is 8.74. The molecule has 2 aromatic heterocycles. The topological polar surface area (TPSA) is 111 Å². The molecule has 0 aliphatic rings. The van der Waals surface area contributed by atoms with Crippen molar-refractivity contribution in [1.82, 2.24) is 19.6 Å². The Labute approximate surface area is 171 Å². The van der Waals surface area contributed by atoms with Gasteiger partial charge in [0.1, 0.15) is 12.3 Å². The summed E-state index contributed by atoms with van der Waals surface area (Å²) < 4.78 is 8.58. The van der Waals surface area contributed by atoms with E-state index >= 15 is 0 Å². The molecule has 0 fully saturated rings. The molecule has 0 radical (unpaired) electrons. The molecular weight excluding hydrogens is 398 g/mol. The molecule has 2 N–H and O–H groups in total. The smallest absolute Gasteiger partial charge is 0.325 e. The van der Waals surface area contributed by atoms with Crippen molar-refractivity contribution in [2.75, 3.05) is 5.32 Å². The maximum atomic E-state index is 12.5. The number of halogens is 1. The van der Waals surface area contributed by atoms with E-state index in [-0.39, 0.29) is 19.0 Å². The number of ether oxygens (including phenoxy) is 1. The van der Waals surface area contributed by atoms with Crippen LogP contribution in [0, 0.1) is 20.8 Å². The standard InChI is InChI=1S/C19H20ClN5O4/c1-11-8-14(4-5-15(11)20)29-10-25-13(3)18(12(2)22-25)21-19(28)16-6-7-24(23-16)9-17(26)27/h4-8H,9-10H2,1-3H3,(H,21,28)(H,26,27). The number of rotatable bonds is 7. The van der Waals surface area contributed by atoms with Crippen molar-refractivity contribution in [1.29, 1.82) is 0 Å². The Kier molecular flexibility index (Phi) is 5.88. The first-order chi connectivity index (χ1) is 13.7. The van der Waals surface area contributed by atoms with Crippen molar-refractivity contribution in [2.24, 2.45) is 0 Å². The van der Waals surface area contributed by atoms with Gasteiger partial charge in [-0.2, -0.15) is 10.2 Å². The molecule has 10 heteroatoms.